The average Bonchev–Trinajstić information content (AvgIpc) is 3.22. The molecule has 0 saturated heterocycles. The molecular weight excluding hydrogens is 242 g/mol. The van der Waals surface area contributed by atoms with E-state index in [9.17, 15) is 0 Å². The van der Waals surface area contributed by atoms with Crippen LogP contribution in [0.25, 0.3) is 11.1 Å². The van der Waals surface area contributed by atoms with Gasteiger partial charge in [-0.2, -0.15) is 0 Å². The predicted octanol–water partition coefficient (Wildman–Crippen LogP) is 3.52. The van der Waals surface area contributed by atoms with Crippen molar-refractivity contribution in [3.05, 3.63) is 74.0 Å². The molecule has 0 spiro atoms. The van der Waals surface area contributed by atoms with Gasteiger partial charge in [0, 0.05) is 12.4 Å². The summed E-state index contributed by atoms with van der Waals surface area (Å²) in [6.07, 6.45) is 9.67. The molecule has 4 aromatic rings. The zero-order valence-electron chi connectivity index (χ0n) is 10.1. The van der Waals surface area contributed by atoms with Gasteiger partial charge < -0.3 is 13.8 Å². The van der Waals surface area contributed by atoms with Crippen molar-refractivity contribution in [1.29, 1.82) is 0 Å². The van der Waals surface area contributed by atoms with Crippen LogP contribution in [0.2, 0.25) is 0 Å². The van der Waals surface area contributed by atoms with Gasteiger partial charge in [0.05, 0.1) is 6.20 Å². The number of hydrogen-bond acceptors (Lipinski definition) is 4. The fourth-order valence-corrected chi connectivity index (χ4v) is 1.26. The van der Waals surface area contributed by atoms with E-state index in [-0.39, 0.29) is 0 Å². The fraction of sp³-hybridized carbons (Fsp3) is 0. The minimum Gasteiger partial charge on any atom is -0.452 e. The van der Waals surface area contributed by atoms with Crippen molar-refractivity contribution in [2.45, 2.75) is 0 Å². The van der Waals surface area contributed by atoms with Crippen molar-refractivity contribution in [3.8, 4) is 0 Å². The molecule has 5 nitrogen and oxygen atoms in total. The van der Waals surface area contributed by atoms with E-state index in [2.05, 4.69) is 19.4 Å². The minimum atomic E-state index is 0.845. The first kappa shape index (κ1) is 12.6. The van der Waals surface area contributed by atoms with Crippen LogP contribution in [0.1, 0.15) is 0 Å². The van der Waals surface area contributed by atoms with Crippen LogP contribution in [0.15, 0.2) is 82.9 Å². The lowest BCUT2D eigenvalue weighted by Gasteiger charge is -1.79. The number of H-pyrrole nitrogens is 1. The van der Waals surface area contributed by atoms with Crippen molar-refractivity contribution in [3.63, 3.8) is 0 Å². The summed E-state index contributed by atoms with van der Waals surface area (Å²) in [5.41, 5.74) is 1.76. The molecule has 4 rings (SSSR count). The van der Waals surface area contributed by atoms with Crippen LogP contribution in [0.3, 0.4) is 0 Å². The van der Waals surface area contributed by atoms with Crippen molar-refractivity contribution in [2.75, 3.05) is 0 Å². The molecule has 0 saturated carbocycles. The van der Waals surface area contributed by atoms with Crippen LogP contribution >= 0.6 is 0 Å². The monoisotopic (exact) mass is 255 g/mol. The van der Waals surface area contributed by atoms with Gasteiger partial charge in [0.2, 0.25) is 0 Å². The predicted molar refractivity (Wildman–Crippen MR) is 71.3 cm³/mol. The first-order chi connectivity index (χ1) is 9.47. The highest BCUT2D eigenvalue weighted by molar-refractivity contribution is 5.71. The molecule has 0 aliphatic rings. The quantitative estimate of drug-likeness (QED) is 0.522. The largest absolute Gasteiger partial charge is 0.452 e. The summed E-state index contributed by atoms with van der Waals surface area (Å²) >= 11 is 0. The Morgan fingerprint density at radius 1 is 0.947 bits per heavy atom. The number of benzene rings is 1. The standard InChI is InChI=1S/C7H5NO.C4H5N.C3H3NO/c1-2-4-7-6(3-1)8-5-9-7;1-2-4-5-3-1;1-2-5-3-4-1/h1-5H;1-5H;1-3H. The van der Waals surface area contributed by atoms with Crippen molar-refractivity contribution in [2.24, 2.45) is 0 Å². The second kappa shape index (κ2) is 7.50. The summed E-state index contributed by atoms with van der Waals surface area (Å²) in [6, 6.07) is 11.6. The van der Waals surface area contributed by atoms with E-state index >= 15 is 0 Å². The molecule has 1 aromatic carbocycles. The van der Waals surface area contributed by atoms with Crippen molar-refractivity contribution >= 4 is 11.1 Å². The second-order valence-corrected chi connectivity index (χ2v) is 3.38. The number of oxazole rings is 2. The van der Waals surface area contributed by atoms with Gasteiger partial charge in [0.15, 0.2) is 18.4 Å². The zero-order valence-corrected chi connectivity index (χ0v) is 10.1. The summed E-state index contributed by atoms with van der Waals surface area (Å²) in [6.45, 7) is 0. The van der Waals surface area contributed by atoms with Gasteiger partial charge in [-0.05, 0) is 24.3 Å². The number of para-hydroxylation sites is 2. The molecule has 0 atom stereocenters. The maximum absolute atomic E-state index is 5.01. The van der Waals surface area contributed by atoms with Crippen molar-refractivity contribution < 1.29 is 8.83 Å². The van der Waals surface area contributed by atoms with Gasteiger partial charge in [-0.15, -0.1) is 0 Å². The van der Waals surface area contributed by atoms with Gasteiger partial charge in [-0.1, -0.05) is 12.1 Å². The number of aromatic nitrogens is 3. The molecule has 0 amide bonds. The molecular formula is C14H13N3O2. The molecule has 0 aliphatic heterocycles. The maximum atomic E-state index is 5.01. The fourth-order valence-electron chi connectivity index (χ4n) is 1.26. The molecule has 0 unspecified atom stereocenters. The lowest BCUT2D eigenvalue weighted by Crippen LogP contribution is -1.61. The number of rotatable bonds is 0. The summed E-state index contributed by atoms with van der Waals surface area (Å²) in [5.74, 6) is 0. The normalized spacial score (nSPS) is 9.05. The molecule has 0 radical (unpaired) electrons. The highest BCUT2D eigenvalue weighted by Gasteiger charge is 1.91. The van der Waals surface area contributed by atoms with Crippen LogP contribution in [0.4, 0.5) is 0 Å². The first-order valence-electron chi connectivity index (χ1n) is 5.65. The molecule has 19 heavy (non-hydrogen) atoms. The number of nitrogens with one attached hydrogen (secondary N) is 1. The maximum Gasteiger partial charge on any atom is 0.181 e. The van der Waals surface area contributed by atoms with Gasteiger partial charge >= 0.3 is 0 Å². The SMILES string of the molecule is c1cc[nH]c1.c1ccc2ocnc2c1.c1cocn1. The van der Waals surface area contributed by atoms with Gasteiger partial charge in [-0.3, -0.25) is 0 Å². The lowest BCUT2D eigenvalue weighted by molar-refractivity contribution is 0.558. The Bertz CT molecular complexity index is 551. The zero-order chi connectivity index (χ0) is 13.2. The highest BCUT2D eigenvalue weighted by Crippen LogP contribution is 2.09. The van der Waals surface area contributed by atoms with E-state index < -0.39 is 0 Å². The van der Waals surface area contributed by atoms with Crippen molar-refractivity contribution in [1.82, 2.24) is 15.0 Å². The third-order valence-corrected chi connectivity index (χ3v) is 2.08. The average molecular weight is 255 g/mol. The number of nitrogens with zero attached hydrogens (tertiary/aromatic N) is 2. The summed E-state index contributed by atoms with van der Waals surface area (Å²) < 4.78 is 9.48. The van der Waals surface area contributed by atoms with E-state index in [1.165, 1.54) is 19.1 Å². The van der Waals surface area contributed by atoms with Gasteiger partial charge in [0.1, 0.15) is 11.8 Å². The smallest absolute Gasteiger partial charge is 0.181 e. The molecule has 3 aromatic heterocycles. The van der Waals surface area contributed by atoms with Crippen LogP contribution in [-0.4, -0.2) is 15.0 Å². The summed E-state index contributed by atoms with van der Waals surface area (Å²) in [5, 5.41) is 0. The van der Waals surface area contributed by atoms with E-state index in [4.69, 9.17) is 4.42 Å². The molecule has 0 aliphatic carbocycles. The molecule has 5 heteroatoms. The first-order valence-corrected chi connectivity index (χ1v) is 5.65. The Balaban J connectivity index is 0.000000114. The van der Waals surface area contributed by atoms with E-state index in [0.29, 0.717) is 0 Å². The molecule has 96 valence electrons. The molecule has 1 N–H and O–H groups in total. The highest BCUT2D eigenvalue weighted by atomic mass is 16.3. The molecule has 0 fully saturated rings. The van der Waals surface area contributed by atoms with Crippen LogP contribution in [0, 0.1) is 0 Å². The van der Waals surface area contributed by atoms with Crippen LogP contribution < -0.4 is 0 Å². The molecule has 3 heterocycles. The lowest BCUT2D eigenvalue weighted by atomic mass is 10.3. The molecule has 0 bridgehead atoms. The van der Waals surface area contributed by atoms with E-state index in [1.54, 1.807) is 6.20 Å². The van der Waals surface area contributed by atoms with Crippen LogP contribution in [0.5, 0.6) is 0 Å². The van der Waals surface area contributed by atoms with Gasteiger partial charge in [0.25, 0.3) is 0 Å². The topological polar surface area (TPSA) is 67.8 Å². The third kappa shape index (κ3) is 4.51. The number of fused-ring (bicyclic) bond motifs is 1. The third-order valence-electron chi connectivity index (χ3n) is 2.08. The van der Waals surface area contributed by atoms with E-state index in [0.717, 1.165) is 11.1 Å². The Morgan fingerprint density at radius 2 is 1.79 bits per heavy atom. The minimum absolute atomic E-state index is 0.845. The van der Waals surface area contributed by atoms with Gasteiger partial charge in [-0.25, -0.2) is 9.97 Å². The Hall–Kier alpha value is -2.82. The Morgan fingerprint density at radius 3 is 2.32 bits per heavy atom. The second-order valence-electron chi connectivity index (χ2n) is 3.38. The number of aromatic amines is 1. The number of hydrogen-bond donors (Lipinski definition) is 1. The Labute approximate surface area is 109 Å². The summed E-state index contributed by atoms with van der Waals surface area (Å²) in [4.78, 5) is 10.4. The van der Waals surface area contributed by atoms with Crippen LogP contribution in [-0.2, 0) is 0 Å². The summed E-state index contributed by atoms with van der Waals surface area (Å²) in [7, 11) is 0. The Kier molecular flexibility index (Phi) is 4.98. The van der Waals surface area contributed by atoms with E-state index in [1.807, 2.05) is 48.8 Å².